The summed E-state index contributed by atoms with van der Waals surface area (Å²) in [6, 6.07) is 34.2. The zero-order valence-corrected chi connectivity index (χ0v) is 22.0. The van der Waals surface area contributed by atoms with Crippen LogP contribution in [-0.4, -0.2) is 10.9 Å². The van der Waals surface area contributed by atoms with E-state index < -0.39 is 11.5 Å². The van der Waals surface area contributed by atoms with E-state index in [0.29, 0.717) is 5.56 Å². The average molecular weight is 487 g/mol. The van der Waals surface area contributed by atoms with Gasteiger partial charge in [-0.1, -0.05) is 127 Å². The maximum Gasteiger partial charge on any atom is 0.170 e. The third kappa shape index (κ3) is 4.70. The maximum atomic E-state index is 14.4. The SMILES string of the molecule is Cc1ccc(C2=C[C@@](O)(c3ccc(C)cc3)[C@H](C(=O)c3ccccc3)[C@@H](c3ccc(C)cc3)[C@H]2C)cc1. The lowest BCUT2D eigenvalue weighted by atomic mass is 9.58. The second-order valence-electron chi connectivity index (χ2n) is 10.6. The minimum absolute atomic E-state index is 0.00815. The van der Waals surface area contributed by atoms with Gasteiger partial charge in [-0.3, -0.25) is 4.79 Å². The van der Waals surface area contributed by atoms with Gasteiger partial charge < -0.3 is 5.11 Å². The molecule has 0 saturated heterocycles. The Hall–Kier alpha value is -3.75. The molecule has 1 aliphatic carbocycles. The van der Waals surface area contributed by atoms with Crippen molar-refractivity contribution in [2.24, 2.45) is 11.8 Å². The topological polar surface area (TPSA) is 37.3 Å². The summed E-state index contributed by atoms with van der Waals surface area (Å²) in [5.74, 6) is -0.945. The number of aliphatic hydroxyl groups is 1. The second-order valence-corrected chi connectivity index (χ2v) is 10.6. The molecule has 0 amide bonds. The molecule has 2 nitrogen and oxygen atoms in total. The number of Topliss-reactive ketones (excluding diaryl/α,β-unsaturated/α-hetero) is 1. The fourth-order valence-electron chi connectivity index (χ4n) is 5.80. The predicted molar refractivity (Wildman–Crippen MR) is 152 cm³/mol. The highest BCUT2D eigenvalue weighted by atomic mass is 16.3. The van der Waals surface area contributed by atoms with Gasteiger partial charge in [0.25, 0.3) is 0 Å². The van der Waals surface area contributed by atoms with Gasteiger partial charge in [0.2, 0.25) is 0 Å². The van der Waals surface area contributed by atoms with E-state index in [9.17, 15) is 9.90 Å². The van der Waals surface area contributed by atoms with Crippen molar-refractivity contribution < 1.29 is 9.90 Å². The number of hydrogen-bond donors (Lipinski definition) is 1. The number of rotatable bonds is 5. The molecule has 0 bridgehead atoms. The van der Waals surface area contributed by atoms with Crippen LogP contribution in [-0.2, 0) is 5.60 Å². The highest BCUT2D eigenvalue weighted by Gasteiger charge is 2.52. The highest BCUT2D eigenvalue weighted by Crippen LogP contribution is 2.54. The molecule has 5 rings (SSSR count). The Kier molecular flexibility index (Phi) is 6.70. The Morgan fingerprint density at radius 1 is 0.703 bits per heavy atom. The van der Waals surface area contributed by atoms with Crippen molar-refractivity contribution in [2.75, 3.05) is 0 Å². The van der Waals surface area contributed by atoms with Crippen molar-refractivity contribution in [3.05, 3.63) is 148 Å². The number of benzene rings is 4. The van der Waals surface area contributed by atoms with E-state index in [0.717, 1.165) is 27.8 Å². The molecule has 0 radical (unpaired) electrons. The van der Waals surface area contributed by atoms with E-state index in [1.165, 1.54) is 11.1 Å². The Labute approximate surface area is 220 Å². The molecule has 0 spiro atoms. The minimum atomic E-state index is -1.48. The van der Waals surface area contributed by atoms with Crippen LogP contribution in [0.4, 0.5) is 0 Å². The smallest absolute Gasteiger partial charge is 0.170 e. The van der Waals surface area contributed by atoms with Gasteiger partial charge in [0, 0.05) is 11.5 Å². The fraction of sp³-hybridized carbons (Fsp3) is 0.229. The molecule has 1 aliphatic rings. The van der Waals surface area contributed by atoms with Gasteiger partial charge >= 0.3 is 0 Å². The first kappa shape index (κ1) is 24.9. The summed E-state index contributed by atoms with van der Waals surface area (Å²) in [6.45, 7) is 8.37. The summed E-state index contributed by atoms with van der Waals surface area (Å²) in [5.41, 5.74) is 6.54. The summed E-state index contributed by atoms with van der Waals surface area (Å²) in [4.78, 5) is 14.4. The lowest BCUT2D eigenvalue weighted by Crippen LogP contribution is -2.47. The van der Waals surface area contributed by atoms with Crippen LogP contribution < -0.4 is 0 Å². The molecule has 4 aromatic carbocycles. The van der Waals surface area contributed by atoms with Gasteiger partial charge in [-0.25, -0.2) is 0 Å². The molecule has 0 heterocycles. The fourth-order valence-corrected chi connectivity index (χ4v) is 5.80. The van der Waals surface area contributed by atoms with Crippen LogP contribution in [0.1, 0.15) is 56.6 Å². The van der Waals surface area contributed by atoms with Crippen LogP contribution in [0, 0.1) is 32.6 Å². The van der Waals surface area contributed by atoms with Crippen LogP contribution in [0.5, 0.6) is 0 Å². The molecule has 37 heavy (non-hydrogen) atoms. The van der Waals surface area contributed by atoms with Gasteiger partial charge in [0.15, 0.2) is 5.78 Å². The van der Waals surface area contributed by atoms with Crippen LogP contribution in [0.3, 0.4) is 0 Å². The summed E-state index contributed by atoms with van der Waals surface area (Å²) in [7, 11) is 0. The van der Waals surface area contributed by atoms with Gasteiger partial charge in [-0.2, -0.15) is 0 Å². The standard InChI is InChI=1S/C35H34O2/c1-23-10-16-27(17-11-23)31-22-35(37,30-20-14-25(3)15-21-30)33(34(36)29-8-6-5-7-9-29)32(26(31)4)28-18-12-24(2)13-19-28/h5-22,26,32-33,37H,1-4H3/t26-,32+,33-,35+/m0/s1. The van der Waals surface area contributed by atoms with E-state index in [1.54, 1.807) is 0 Å². The minimum Gasteiger partial charge on any atom is -0.380 e. The molecule has 0 saturated carbocycles. The average Bonchev–Trinajstić information content (AvgIpc) is 2.91. The second kappa shape index (κ2) is 9.95. The Balaban J connectivity index is 1.79. The lowest BCUT2D eigenvalue weighted by molar-refractivity contribution is 0.00505. The number of carbonyl (C=O) groups excluding carboxylic acids is 1. The first-order valence-electron chi connectivity index (χ1n) is 13.0. The molecule has 4 aromatic rings. The van der Waals surface area contributed by atoms with Gasteiger partial charge in [-0.05, 0) is 55.0 Å². The van der Waals surface area contributed by atoms with E-state index in [4.69, 9.17) is 0 Å². The summed E-state index contributed by atoms with van der Waals surface area (Å²) >= 11 is 0. The first-order chi connectivity index (χ1) is 17.8. The number of aryl methyl sites for hydroxylation is 3. The van der Waals surface area contributed by atoms with E-state index >= 15 is 0 Å². The van der Waals surface area contributed by atoms with Crippen LogP contribution in [0.15, 0.2) is 109 Å². The number of ketones is 1. The highest BCUT2D eigenvalue weighted by molar-refractivity contribution is 6.00. The molecule has 0 aliphatic heterocycles. The number of hydrogen-bond acceptors (Lipinski definition) is 2. The first-order valence-corrected chi connectivity index (χ1v) is 13.0. The molecule has 0 aromatic heterocycles. The van der Waals surface area contributed by atoms with Crippen molar-refractivity contribution in [1.82, 2.24) is 0 Å². The van der Waals surface area contributed by atoms with Crippen molar-refractivity contribution >= 4 is 11.4 Å². The van der Waals surface area contributed by atoms with Crippen LogP contribution >= 0.6 is 0 Å². The van der Waals surface area contributed by atoms with Gasteiger partial charge in [-0.15, -0.1) is 0 Å². The molecule has 0 unspecified atom stereocenters. The van der Waals surface area contributed by atoms with Crippen molar-refractivity contribution in [3.8, 4) is 0 Å². The number of carbonyl (C=O) groups is 1. The largest absolute Gasteiger partial charge is 0.380 e. The predicted octanol–water partition coefficient (Wildman–Crippen LogP) is 7.82. The quantitative estimate of drug-likeness (QED) is 0.292. The van der Waals surface area contributed by atoms with Crippen molar-refractivity contribution in [2.45, 2.75) is 39.2 Å². The lowest BCUT2D eigenvalue weighted by Gasteiger charge is -2.46. The molecular formula is C35H34O2. The van der Waals surface area contributed by atoms with E-state index in [2.05, 4.69) is 69.3 Å². The van der Waals surface area contributed by atoms with Crippen molar-refractivity contribution in [3.63, 3.8) is 0 Å². The third-order valence-electron chi connectivity index (χ3n) is 7.94. The van der Waals surface area contributed by atoms with Crippen LogP contribution in [0.25, 0.3) is 5.57 Å². The summed E-state index contributed by atoms with van der Waals surface area (Å²) in [5, 5.41) is 12.7. The Morgan fingerprint density at radius 3 is 1.78 bits per heavy atom. The van der Waals surface area contributed by atoms with Gasteiger partial charge in [0.05, 0.1) is 5.92 Å². The molecule has 0 fully saturated rings. The molecule has 4 atom stereocenters. The van der Waals surface area contributed by atoms with Gasteiger partial charge in [0.1, 0.15) is 5.60 Å². The van der Waals surface area contributed by atoms with Crippen molar-refractivity contribution in [1.29, 1.82) is 0 Å². The van der Waals surface area contributed by atoms with E-state index in [-0.39, 0.29) is 17.6 Å². The zero-order valence-electron chi connectivity index (χ0n) is 22.0. The normalized spacial score (nSPS) is 23.4. The number of allylic oxidation sites excluding steroid dienone is 1. The third-order valence-corrected chi connectivity index (χ3v) is 7.94. The molecular weight excluding hydrogens is 452 g/mol. The Bertz CT molecular complexity index is 1410. The van der Waals surface area contributed by atoms with E-state index in [1.807, 2.05) is 67.6 Å². The Morgan fingerprint density at radius 2 is 1.22 bits per heavy atom. The maximum absolute atomic E-state index is 14.4. The summed E-state index contributed by atoms with van der Waals surface area (Å²) in [6.07, 6.45) is 1.96. The molecule has 2 heteroatoms. The summed E-state index contributed by atoms with van der Waals surface area (Å²) < 4.78 is 0. The monoisotopic (exact) mass is 486 g/mol. The zero-order chi connectivity index (χ0) is 26.2. The van der Waals surface area contributed by atoms with Crippen LogP contribution in [0.2, 0.25) is 0 Å². The molecule has 1 N–H and O–H groups in total. The molecule has 186 valence electrons.